The van der Waals surface area contributed by atoms with Crippen LogP contribution in [-0.2, 0) is 20.4 Å². The van der Waals surface area contributed by atoms with E-state index in [-0.39, 0.29) is 22.8 Å². The summed E-state index contributed by atoms with van der Waals surface area (Å²) in [7, 11) is -4.15. The first-order valence-electron chi connectivity index (χ1n) is 13.8. The minimum atomic E-state index is -4.62. The van der Waals surface area contributed by atoms with E-state index in [4.69, 9.17) is 16.3 Å². The number of anilines is 3. The lowest BCUT2D eigenvalue weighted by Gasteiger charge is -2.19. The van der Waals surface area contributed by atoms with Crippen LogP contribution in [0.2, 0.25) is 5.02 Å². The van der Waals surface area contributed by atoms with Gasteiger partial charge in [0.05, 0.1) is 15.8 Å². The highest BCUT2D eigenvalue weighted by molar-refractivity contribution is 7.90. The molecule has 4 N–H and O–H groups in total. The van der Waals surface area contributed by atoms with Crippen LogP contribution >= 0.6 is 11.6 Å². The van der Waals surface area contributed by atoms with Gasteiger partial charge in [0.25, 0.3) is 10.0 Å². The average Bonchev–Trinajstić information content (AvgIpc) is 3.88. The van der Waals surface area contributed by atoms with Crippen molar-refractivity contribution in [2.75, 3.05) is 23.8 Å². The van der Waals surface area contributed by atoms with Gasteiger partial charge >= 0.3 is 12.2 Å². The summed E-state index contributed by atoms with van der Waals surface area (Å²) >= 11 is 6.01. The molecule has 1 aromatic heterocycles. The Morgan fingerprint density at radius 2 is 1.61 bits per heavy atom. The van der Waals surface area contributed by atoms with Crippen LogP contribution in [0.5, 0.6) is 6.01 Å². The molecule has 2 aliphatic carbocycles. The second-order valence-electron chi connectivity index (χ2n) is 11.3. The highest BCUT2D eigenvalue weighted by atomic mass is 35.5. The molecule has 0 aliphatic heterocycles. The Bertz CT molecular complexity index is 1610. The predicted octanol–water partition coefficient (Wildman–Crippen LogP) is 4.89. The topological polar surface area (TPSA) is 147 Å². The summed E-state index contributed by atoms with van der Waals surface area (Å²) < 4.78 is 71.4. The minimum absolute atomic E-state index is 0.0185. The normalized spacial score (nSPS) is 16.7. The molecule has 2 aliphatic rings. The van der Waals surface area contributed by atoms with Crippen LogP contribution in [0.1, 0.15) is 45.1 Å². The van der Waals surface area contributed by atoms with Crippen LogP contribution in [0.3, 0.4) is 0 Å². The van der Waals surface area contributed by atoms with Crippen LogP contribution in [0, 0.1) is 5.41 Å². The number of rotatable bonds is 13. The van der Waals surface area contributed by atoms with Crippen molar-refractivity contribution < 1.29 is 31.1 Å². The standard InChI is InChI=1S/C28H31ClF3N7O4S/c1-17(2)33-15-26(11-12-26)22(40)39-44(41,42)21-9-7-20(8-10-21)34-23-35-24(37-25(36-23)43-16-28(30,31)32)38-27(13-14-27)18-3-5-19(29)6-4-18/h3-10,17,33H,11-16H2,1-2H3,(H,39,40)(H2,34,35,36,37,38). The molecule has 11 nitrogen and oxygen atoms in total. The van der Waals surface area contributed by atoms with Crippen molar-refractivity contribution in [3.63, 3.8) is 0 Å². The summed E-state index contributed by atoms with van der Waals surface area (Å²) in [6.45, 7) is 2.66. The van der Waals surface area contributed by atoms with Gasteiger partial charge in [-0.2, -0.15) is 28.1 Å². The number of nitrogens with one attached hydrogen (secondary N) is 4. The van der Waals surface area contributed by atoms with E-state index in [1.165, 1.54) is 24.3 Å². The Morgan fingerprint density at radius 1 is 0.977 bits per heavy atom. The van der Waals surface area contributed by atoms with Gasteiger partial charge in [-0.25, -0.2) is 13.1 Å². The van der Waals surface area contributed by atoms with Gasteiger partial charge < -0.3 is 20.7 Å². The number of nitrogens with zero attached hydrogens (tertiary/aromatic N) is 3. The summed E-state index contributed by atoms with van der Waals surface area (Å²) in [5.74, 6) is -0.713. The number of hydrogen-bond acceptors (Lipinski definition) is 10. The first kappa shape index (κ1) is 31.7. The second kappa shape index (κ2) is 12.0. The zero-order valence-corrected chi connectivity index (χ0v) is 25.4. The zero-order valence-electron chi connectivity index (χ0n) is 23.8. The molecule has 2 fully saturated rings. The molecule has 0 saturated heterocycles. The van der Waals surface area contributed by atoms with E-state index in [0.29, 0.717) is 30.1 Å². The van der Waals surface area contributed by atoms with Gasteiger partial charge in [0.1, 0.15) is 0 Å². The highest BCUT2D eigenvalue weighted by Crippen LogP contribution is 2.48. The molecule has 1 heterocycles. The fourth-order valence-corrected chi connectivity index (χ4v) is 5.64. The molecule has 0 spiro atoms. The van der Waals surface area contributed by atoms with E-state index in [2.05, 4.69) is 35.6 Å². The quantitative estimate of drug-likeness (QED) is 0.201. The van der Waals surface area contributed by atoms with Crippen molar-refractivity contribution in [3.8, 4) is 6.01 Å². The van der Waals surface area contributed by atoms with Crippen molar-refractivity contribution in [2.45, 2.75) is 62.2 Å². The fourth-order valence-electron chi connectivity index (χ4n) is 4.44. The van der Waals surface area contributed by atoms with Gasteiger partial charge in [-0.3, -0.25) is 4.79 Å². The molecule has 0 radical (unpaired) electrons. The highest BCUT2D eigenvalue weighted by Gasteiger charge is 2.50. The molecule has 0 atom stereocenters. The smallest absolute Gasteiger partial charge is 0.422 e. The maximum Gasteiger partial charge on any atom is 0.422 e. The minimum Gasteiger partial charge on any atom is -0.454 e. The Kier molecular flexibility index (Phi) is 8.66. The van der Waals surface area contributed by atoms with Gasteiger partial charge in [0.2, 0.25) is 17.8 Å². The first-order valence-corrected chi connectivity index (χ1v) is 15.7. The molecule has 0 unspecified atom stereocenters. The molecule has 0 bridgehead atoms. The number of sulfonamides is 1. The van der Waals surface area contributed by atoms with E-state index < -0.39 is 45.7 Å². The summed E-state index contributed by atoms with van der Waals surface area (Å²) in [6.07, 6.45) is -1.98. The van der Waals surface area contributed by atoms with Gasteiger partial charge in [0.15, 0.2) is 6.61 Å². The summed E-state index contributed by atoms with van der Waals surface area (Å²) in [4.78, 5) is 24.9. The number of benzene rings is 2. The van der Waals surface area contributed by atoms with E-state index >= 15 is 0 Å². The fraction of sp³-hybridized carbons (Fsp3) is 0.429. The number of aromatic nitrogens is 3. The zero-order chi connectivity index (χ0) is 31.8. The molecular formula is C28H31ClF3N7O4S. The van der Waals surface area contributed by atoms with Crippen LogP contribution in [0.15, 0.2) is 53.4 Å². The van der Waals surface area contributed by atoms with E-state index in [0.717, 1.165) is 18.4 Å². The Morgan fingerprint density at radius 3 is 2.18 bits per heavy atom. The largest absolute Gasteiger partial charge is 0.454 e. The van der Waals surface area contributed by atoms with Crippen molar-refractivity contribution in [2.24, 2.45) is 5.41 Å². The molecule has 1 amide bonds. The van der Waals surface area contributed by atoms with E-state index in [9.17, 15) is 26.4 Å². The number of amides is 1. The Labute approximate surface area is 257 Å². The molecule has 3 aromatic rings. The number of carbonyl (C=O) groups excluding carboxylic acids is 1. The van der Waals surface area contributed by atoms with Gasteiger partial charge in [-0.15, -0.1) is 0 Å². The molecule has 2 aromatic carbocycles. The van der Waals surface area contributed by atoms with E-state index in [1.807, 2.05) is 26.0 Å². The first-order chi connectivity index (χ1) is 20.7. The van der Waals surface area contributed by atoms with Crippen molar-refractivity contribution in [1.82, 2.24) is 25.0 Å². The number of ether oxygens (including phenoxy) is 1. The molecule has 44 heavy (non-hydrogen) atoms. The molecule has 2 saturated carbocycles. The molecule has 236 valence electrons. The van der Waals surface area contributed by atoms with Gasteiger partial charge in [-0.1, -0.05) is 37.6 Å². The molecular weight excluding hydrogens is 623 g/mol. The lowest BCUT2D eigenvalue weighted by atomic mass is 10.1. The maximum atomic E-state index is 12.9. The third-order valence-electron chi connectivity index (χ3n) is 7.31. The summed E-state index contributed by atoms with van der Waals surface area (Å²) in [5, 5.41) is 9.76. The van der Waals surface area contributed by atoms with Crippen LogP contribution in [0.25, 0.3) is 0 Å². The van der Waals surface area contributed by atoms with Crippen molar-refractivity contribution in [3.05, 3.63) is 59.1 Å². The van der Waals surface area contributed by atoms with Crippen molar-refractivity contribution in [1.29, 1.82) is 0 Å². The lowest BCUT2D eigenvalue weighted by Crippen LogP contribution is -2.42. The maximum absolute atomic E-state index is 12.9. The lowest BCUT2D eigenvalue weighted by molar-refractivity contribution is -0.154. The Balaban J connectivity index is 1.31. The summed E-state index contributed by atoms with van der Waals surface area (Å²) in [6, 6.07) is 12.1. The Hall–Kier alpha value is -3.69. The molecule has 5 rings (SSSR count). The third-order valence-corrected chi connectivity index (χ3v) is 8.91. The monoisotopic (exact) mass is 653 g/mol. The van der Waals surface area contributed by atoms with Crippen LogP contribution in [-0.4, -0.2) is 54.6 Å². The predicted molar refractivity (Wildman–Crippen MR) is 157 cm³/mol. The third kappa shape index (κ3) is 7.87. The van der Waals surface area contributed by atoms with Crippen LogP contribution in [0.4, 0.5) is 30.8 Å². The van der Waals surface area contributed by atoms with Gasteiger partial charge in [0, 0.05) is 23.3 Å². The van der Waals surface area contributed by atoms with Crippen LogP contribution < -0.4 is 25.4 Å². The average molecular weight is 654 g/mol. The number of halogens is 4. The van der Waals surface area contributed by atoms with E-state index in [1.54, 1.807) is 12.1 Å². The van der Waals surface area contributed by atoms with Crippen molar-refractivity contribution >= 4 is 45.1 Å². The SMILES string of the molecule is CC(C)NCC1(C(=O)NS(=O)(=O)c2ccc(Nc3nc(NC4(c5ccc(Cl)cc5)CC4)nc(OCC(F)(F)F)n3)cc2)CC1. The number of hydrogen-bond donors (Lipinski definition) is 4. The summed E-state index contributed by atoms with van der Waals surface area (Å²) in [5.41, 5.74) is -0.0496. The molecule has 16 heteroatoms. The number of carbonyl (C=O) groups is 1. The second-order valence-corrected chi connectivity index (χ2v) is 13.4. The number of alkyl halides is 3. The van der Waals surface area contributed by atoms with Gasteiger partial charge in [-0.05, 0) is 67.6 Å².